The smallest absolute Gasteiger partial charge is 0.262 e. The molecule has 0 saturated carbocycles. The highest BCUT2D eigenvalue weighted by atomic mass is 16.1. The first-order chi connectivity index (χ1) is 13.5. The minimum Gasteiger partial charge on any atom is -0.345 e. The predicted molar refractivity (Wildman–Crippen MR) is 114 cm³/mol. The van der Waals surface area contributed by atoms with Gasteiger partial charge < -0.3 is 9.88 Å². The van der Waals surface area contributed by atoms with Crippen molar-refractivity contribution in [1.82, 2.24) is 9.88 Å². The van der Waals surface area contributed by atoms with E-state index in [9.17, 15) is 10.1 Å². The van der Waals surface area contributed by atoms with Crippen molar-refractivity contribution in [2.75, 3.05) is 0 Å². The zero-order valence-electron chi connectivity index (χ0n) is 16.5. The van der Waals surface area contributed by atoms with Gasteiger partial charge in [0.15, 0.2) is 0 Å². The van der Waals surface area contributed by atoms with Crippen molar-refractivity contribution in [3.05, 3.63) is 77.5 Å². The van der Waals surface area contributed by atoms with Crippen LogP contribution in [0.3, 0.4) is 0 Å². The van der Waals surface area contributed by atoms with E-state index in [1.54, 1.807) is 6.08 Å². The molecule has 28 heavy (non-hydrogen) atoms. The van der Waals surface area contributed by atoms with Gasteiger partial charge in [-0.3, -0.25) is 4.79 Å². The number of aromatic nitrogens is 1. The van der Waals surface area contributed by atoms with Crippen LogP contribution >= 0.6 is 0 Å². The number of nitrogens with zero attached hydrogens (tertiary/aromatic N) is 2. The maximum atomic E-state index is 12.7. The fourth-order valence-corrected chi connectivity index (χ4v) is 3.31. The summed E-state index contributed by atoms with van der Waals surface area (Å²) in [6, 6.07) is 20.0. The van der Waals surface area contributed by atoms with Crippen molar-refractivity contribution in [3.63, 3.8) is 0 Å². The summed E-state index contributed by atoms with van der Waals surface area (Å²) in [7, 11) is 0. The lowest BCUT2D eigenvalue weighted by Gasteiger charge is -2.13. The van der Waals surface area contributed by atoms with Crippen molar-refractivity contribution in [2.24, 2.45) is 0 Å². The molecule has 4 nitrogen and oxygen atoms in total. The number of rotatable bonds is 6. The summed E-state index contributed by atoms with van der Waals surface area (Å²) in [5.41, 5.74) is 3.10. The molecule has 3 aromatic rings. The number of nitriles is 1. The van der Waals surface area contributed by atoms with Gasteiger partial charge in [-0.15, -0.1) is 0 Å². The highest BCUT2D eigenvalue weighted by molar-refractivity contribution is 6.04. The van der Waals surface area contributed by atoms with E-state index in [1.807, 2.05) is 61.7 Å². The maximum Gasteiger partial charge on any atom is 0.262 e. The standard InChI is InChI=1S/C24H25N3O/c1-4-17(2)27-16-21(22-12-8-9-13-23(22)27)14-20(15-25)24(28)26-18(3)19-10-6-5-7-11-19/h5-14,16-18H,4H2,1-3H3,(H,26,28)/b20-14-/t17-,18-/m0/s1. The van der Waals surface area contributed by atoms with E-state index in [2.05, 4.69) is 35.9 Å². The Bertz CT molecular complexity index is 1040. The molecule has 2 atom stereocenters. The van der Waals surface area contributed by atoms with Gasteiger partial charge in [-0.1, -0.05) is 55.5 Å². The third kappa shape index (κ3) is 3.99. The average Bonchev–Trinajstić information content (AvgIpc) is 3.10. The van der Waals surface area contributed by atoms with Crippen LogP contribution in [0.4, 0.5) is 0 Å². The second-order valence-corrected chi connectivity index (χ2v) is 7.04. The Balaban J connectivity index is 1.92. The van der Waals surface area contributed by atoms with Crippen molar-refractivity contribution in [3.8, 4) is 6.07 Å². The number of amides is 1. The molecule has 2 aromatic carbocycles. The molecule has 1 heterocycles. The van der Waals surface area contributed by atoms with E-state index in [0.717, 1.165) is 28.5 Å². The van der Waals surface area contributed by atoms with E-state index in [0.29, 0.717) is 6.04 Å². The summed E-state index contributed by atoms with van der Waals surface area (Å²) in [4.78, 5) is 12.7. The molecule has 0 bridgehead atoms. The summed E-state index contributed by atoms with van der Waals surface area (Å²) in [5, 5.41) is 13.6. The highest BCUT2D eigenvalue weighted by Crippen LogP contribution is 2.27. The van der Waals surface area contributed by atoms with E-state index >= 15 is 0 Å². The zero-order valence-corrected chi connectivity index (χ0v) is 16.5. The molecule has 0 aliphatic rings. The summed E-state index contributed by atoms with van der Waals surface area (Å²) >= 11 is 0. The molecule has 0 unspecified atom stereocenters. The van der Waals surface area contributed by atoms with Crippen LogP contribution in [0.15, 0.2) is 66.4 Å². The fraction of sp³-hybridized carbons (Fsp3) is 0.250. The SMILES string of the molecule is CC[C@H](C)n1cc(/C=C(/C#N)C(=O)N[C@@H](C)c2ccccc2)c2ccccc21. The first-order valence-corrected chi connectivity index (χ1v) is 9.62. The molecule has 0 aliphatic carbocycles. The molecular formula is C24H25N3O. The largest absolute Gasteiger partial charge is 0.345 e. The van der Waals surface area contributed by atoms with Gasteiger partial charge in [0.1, 0.15) is 11.6 Å². The topological polar surface area (TPSA) is 57.8 Å². The monoisotopic (exact) mass is 371 g/mol. The summed E-state index contributed by atoms with van der Waals surface area (Å²) < 4.78 is 2.21. The van der Waals surface area contributed by atoms with E-state index < -0.39 is 0 Å². The fourth-order valence-electron chi connectivity index (χ4n) is 3.31. The molecule has 1 amide bonds. The third-order valence-corrected chi connectivity index (χ3v) is 5.15. The molecule has 0 saturated heterocycles. The normalized spacial score (nSPS) is 13.7. The van der Waals surface area contributed by atoms with Gasteiger partial charge >= 0.3 is 0 Å². The van der Waals surface area contributed by atoms with Gasteiger partial charge in [0.2, 0.25) is 0 Å². The number of nitrogens with one attached hydrogen (secondary N) is 1. The first kappa shape index (κ1) is 19.4. The Morgan fingerprint density at radius 1 is 1.14 bits per heavy atom. The Hall–Kier alpha value is -3.32. The van der Waals surface area contributed by atoms with Crippen LogP contribution in [-0.4, -0.2) is 10.5 Å². The van der Waals surface area contributed by atoms with Crippen molar-refractivity contribution in [1.29, 1.82) is 5.26 Å². The van der Waals surface area contributed by atoms with Crippen LogP contribution in [0, 0.1) is 11.3 Å². The Morgan fingerprint density at radius 2 is 1.82 bits per heavy atom. The number of fused-ring (bicyclic) bond motifs is 1. The molecule has 0 aliphatic heterocycles. The van der Waals surface area contributed by atoms with Gasteiger partial charge in [-0.2, -0.15) is 5.26 Å². The second-order valence-electron chi connectivity index (χ2n) is 7.04. The zero-order chi connectivity index (χ0) is 20.1. The lowest BCUT2D eigenvalue weighted by atomic mass is 10.1. The number of hydrogen-bond donors (Lipinski definition) is 1. The van der Waals surface area contributed by atoms with Gasteiger partial charge in [0, 0.05) is 28.7 Å². The van der Waals surface area contributed by atoms with Gasteiger partial charge in [-0.05, 0) is 38.0 Å². The van der Waals surface area contributed by atoms with Crippen LogP contribution in [-0.2, 0) is 4.79 Å². The summed E-state index contributed by atoms with van der Waals surface area (Å²) in [6.07, 6.45) is 4.72. The summed E-state index contributed by atoms with van der Waals surface area (Å²) in [5.74, 6) is -0.362. The summed E-state index contributed by atoms with van der Waals surface area (Å²) in [6.45, 7) is 6.23. The van der Waals surface area contributed by atoms with Crippen molar-refractivity contribution in [2.45, 2.75) is 39.3 Å². The van der Waals surface area contributed by atoms with Gasteiger partial charge in [0.05, 0.1) is 6.04 Å². The lowest BCUT2D eigenvalue weighted by molar-refractivity contribution is -0.117. The molecule has 1 N–H and O–H groups in total. The average molecular weight is 371 g/mol. The number of para-hydroxylation sites is 1. The van der Waals surface area contributed by atoms with Gasteiger partial charge in [-0.25, -0.2) is 0 Å². The van der Waals surface area contributed by atoms with Crippen LogP contribution in [0.5, 0.6) is 0 Å². The highest BCUT2D eigenvalue weighted by Gasteiger charge is 2.16. The van der Waals surface area contributed by atoms with E-state index in [4.69, 9.17) is 0 Å². The Morgan fingerprint density at radius 3 is 2.50 bits per heavy atom. The molecule has 1 aromatic heterocycles. The first-order valence-electron chi connectivity index (χ1n) is 9.62. The number of carbonyl (C=O) groups excluding carboxylic acids is 1. The van der Waals surface area contributed by atoms with Gasteiger partial charge in [0.25, 0.3) is 5.91 Å². The lowest BCUT2D eigenvalue weighted by Crippen LogP contribution is -2.27. The van der Waals surface area contributed by atoms with Crippen molar-refractivity contribution < 1.29 is 4.79 Å². The van der Waals surface area contributed by atoms with Crippen molar-refractivity contribution >= 4 is 22.9 Å². The van der Waals surface area contributed by atoms with Crippen LogP contribution in [0.1, 0.15) is 50.4 Å². The Kier molecular flexibility index (Phi) is 5.96. The predicted octanol–water partition coefficient (Wildman–Crippen LogP) is 5.40. The molecule has 0 spiro atoms. The molecule has 3 rings (SSSR count). The second kappa shape index (κ2) is 8.58. The van der Waals surface area contributed by atoms with Crippen LogP contribution in [0.25, 0.3) is 17.0 Å². The Labute approximate surface area is 166 Å². The molecule has 4 heteroatoms. The minimum atomic E-state index is -0.362. The quantitative estimate of drug-likeness (QED) is 0.466. The maximum absolute atomic E-state index is 12.7. The molecule has 0 fully saturated rings. The van der Waals surface area contributed by atoms with E-state index in [-0.39, 0.29) is 17.5 Å². The van der Waals surface area contributed by atoms with Crippen LogP contribution in [0.2, 0.25) is 0 Å². The number of hydrogen-bond acceptors (Lipinski definition) is 2. The van der Waals surface area contributed by atoms with E-state index in [1.165, 1.54) is 0 Å². The van der Waals surface area contributed by atoms with Crippen LogP contribution < -0.4 is 5.32 Å². The number of carbonyl (C=O) groups is 1. The molecule has 0 radical (unpaired) electrons. The molecular weight excluding hydrogens is 346 g/mol. The molecule has 142 valence electrons. The minimum absolute atomic E-state index is 0.106. The number of benzene rings is 2. The third-order valence-electron chi connectivity index (χ3n) is 5.15.